The second kappa shape index (κ2) is 15.6. The number of carbonyl (C=O) groups excluding carboxylic acids is 2. The van der Waals surface area contributed by atoms with Gasteiger partial charge in [0.25, 0.3) is 0 Å². The van der Waals surface area contributed by atoms with Crippen molar-refractivity contribution in [3.63, 3.8) is 0 Å². The van der Waals surface area contributed by atoms with Gasteiger partial charge in [-0.05, 0) is 69.5 Å². The molecule has 0 radical (unpaired) electrons. The molecule has 8 nitrogen and oxygen atoms in total. The Kier molecular flexibility index (Phi) is 12.5. The lowest BCUT2D eigenvalue weighted by Gasteiger charge is -2.34. The summed E-state index contributed by atoms with van der Waals surface area (Å²) in [4.78, 5) is 29.4. The topological polar surface area (TPSA) is 96.0 Å². The summed E-state index contributed by atoms with van der Waals surface area (Å²) < 4.78 is 32.6. The van der Waals surface area contributed by atoms with Crippen molar-refractivity contribution in [3.05, 3.63) is 94.0 Å². The monoisotopic (exact) mass is 661 g/mol. The quantitative estimate of drug-likeness (QED) is 0.213. The van der Waals surface area contributed by atoms with Gasteiger partial charge in [-0.25, -0.2) is 8.42 Å². The van der Waals surface area contributed by atoms with Crippen LogP contribution >= 0.6 is 23.2 Å². The van der Waals surface area contributed by atoms with Crippen molar-refractivity contribution in [2.24, 2.45) is 0 Å². The molecule has 0 saturated heterocycles. The fourth-order valence-corrected chi connectivity index (χ4v) is 6.20. The average molecular weight is 663 g/mol. The third-order valence-electron chi connectivity index (χ3n) is 6.71. The molecule has 0 bridgehead atoms. The lowest BCUT2D eigenvalue weighted by Crippen LogP contribution is -2.54. The number of ether oxygens (including phenoxy) is 1. The van der Waals surface area contributed by atoms with E-state index in [2.05, 4.69) is 5.32 Å². The van der Waals surface area contributed by atoms with Crippen LogP contribution in [0.15, 0.2) is 72.8 Å². The van der Waals surface area contributed by atoms with E-state index in [9.17, 15) is 18.0 Å². The standard InChI is InChI=1S/C33H41Cl2N3O5S/c1-6-43-30-16-11-10-15-28(30)38(44(5,41)42)20-12-17-31(39)37(23-25-18-19-26(34)22-27(25)35)29(32(40)36-33(2,3)4)21-24-13-8-7-9-14-24/h7-11,13-16,18-19,22,29H,6,12,17,20-21,23H2,1-5H3,(H,36,40). The first-order chi connectivity index (χ1) is 20.7. The van der Waals surface area contributed by atoms with Crippen LogP contribution < -0.4 is 14.4 Å². The molecule has 0 aliphatic heterocycles. The Morgan fingerprint density at radius 1 is 0.977 bits per heavy atom. The average Bonchev–Trinajstić information content (AvgIpc) is 2.93. The number of benzene rings is 3. The highest BCUT2D eigenvalue weighted by Crippen LogP contribution is 2.30. The van der Waals surface area contributed by atoms with E-state index in [0.717, 1.165) is 11.8 Å². The Hall–Kier alpha value is -3.27. The molecule has 44 heavy (non-hydrogen) atoms. The Labute approximate surface area is 271 Å². The third kappa shape index (κ3) is 10.4. The molecule has 0 aliphatic carbocycles. The predicted octanol–water partition coefficient (Wildman–Crippen LogP) is 6.49. The fourth-order valence-electron chi connectivity index (χ4n) is 4.76. The smallest absolute Gasteiger partial charge is 0.243 e. The number of anilines is 1. The van der Waals surface area contributed by atoms with Crippen molar-refractivity contribution in [1.29, 1.82) is 0 Å². The maximum atomic E-state index is 14.0. The molecule has 0 aromatic heterocycles. The second-order valence-electron chi connectivity index (χ2n) is 11.5. The zero-order valence-corrected chi connectivity index (χ0v) is 28.2. The zero-order chi connectivity index (χ0) is 32.5. The van der Waals surface area contributed by atoms with Crippen LogP contribution in [0.25, 0.3) is 0 Å². The van der Waals surface area contributed by atoms with Gasteiger partial charge in [-0.2, -0.15) is 0 Å². The van der Waals surface area contributed by atoms with E-state index >= 15 is 0 Å². The van der Waals surface area contributed by atoms with E-state index in [0.29, 0.717) is 33.7 Å². The van der Waals surface area contributed by atoms with E-state index in [-0.39, 0.29) is 44.2 Å². The Morgan fingerprint density at radius 2 is 1.64 bits per heavy atom. The molecular formula is C33H41Cl2N3O5S. The molecule has 3 aromatic rings. The van der Waals surface area contributed by atoms with Gasteiger partial charge in [-0.1, -0.05) is 71.7 Å². The van der Waals surface area contributed by atoms with Gasteiger partial charge in [0, 0.05) is 41.5 Å². The number of hydrogen-bond donors (Lipinski definition) is 1. The van der Waals surface area contributed by atoms with Gasteiger partial charge in [0.1, 0.15) is 11.8 Å². The van der Waals surface area contributed by atoms with Gasteiger partial charge in [0.2, 0.25) is 21.8 Å². The molecule has 2 amide bonds. The lowest BCUT2D eigenvalue weighted by atomic mass is 10.00. The molecule has 11 heteroatoms. The summed E-state index contributed by atoms with van der Waals surface area (Å²) in [5.74, 6) is -0.178. The van der Waals surface area contributed by atoms with E-state index < -0.39 is 21.6 Å². The van der Waals surface area contributed by atoms with Crippen LogP contribution in [0.1, 0.15) is 51.7 Å². The molecule has 0 heterocycles. The van der Waals surface area contributed by atoms with Crippen LogP contribution in [0.2, 0.25) is 10.0 Å². The van der Waals surface area contributed by atoms with Crippen LogP contribution in [0.4, 0.5) is 5.69 Å². The number of amides is 2. The van der Waals surface area contributed by atoms with Crippen molar-refractivity contribution in [3.8, 4) is 5.75 Å². The minimum atomic E-state index is -3.69. The number of rotatable bonds is 14. The van der Waals surface area contributed by atoms with Gasteiger partial charge in [-0.3, -0.25) is 13.9 Å². The Balaban J connectivity index is 1.95. The Morgan fingerprint density at radius 3 is 2.25 bits per heavy atom. The number of hydrogen-bond acceptors (Lipinski definition) is 5. The van der Waals surface area contributed by atoms with Gasteiger partial charge in [0.15, 0.2) is 0 Å². The molecule has 238 valence electrons. The highest BCUT2D eigenvalue weighted by molar-refractivity contribution is 7.92. The predicted molar refractivity (Wildman–Crippen MR) is 178 cm³/mol. The molecule has 0 spiro atoms. The summed E-state index contributed by atoms with van der Waals surface area (Å²) >= 11 is 12.7. The molecule has 3 aromatic carbocycles. The number of carbonyl (C=O) groups is 2. The fraction of sp³-hybridized carbons (Fsp3) is 0.394. The summed E-state index contributed by atoms with van der Waals surface area (Å²) in [7, 11) is -3.69. The summed E-state index contributed by atoms with van der Waals surface area (Å²) in [5.41, 5.74) is 1.38. The van der Waals surface area contributed by atoms with Gasteiger partial charge >= 0.3 is 0 Å². The molecule has 1 unspecified atom stereocenters. The van der Waals surface area contributed by atoms with Crippen LogP contribution in [0, 0.1) is 0 Å². The van der Waals surface area contributed by atoms with E-state index in [1.807, 2.05) is 58.0 Å². The van der Waals surface area contributed by atoms with Crippen LogP contribution in [-0.4, -0.2) is 56.1 Å². The molecule has 0 saturated carbocycles. The van der Waals surface area contributed by atoms with Crippen molar-refractivity contribution in [2.75, 3.05) is 23.7 Å². The number of halogens is 2. The zero-order valence-electron chi connectivity index (χ0n) is 25.8. The Bertz CT molecular complexity index is 1530. The molecule has 0 aliphatic rings. The van der Waals surface area contributed by atoms with Crippen molar-refractivity contribution in [2.45, 2.75) is 65.1 Å². The van der Waals surface area contributed by atoms with Gasteiger partial charge in [-0.15, -0.1) is 0 Å². The van der Waals surface area contributed by atoms with Crippen LogP contribution in [0.3, 0.4) is 0 Å². The summed E-state index contributed by atoms with van der Waals surface area (Å²) in [6.45, 7) is 7.94. The minimum Gasteiger partial charge on any atom is -0.492 e. The first kappa shape index (κ1) is 35.2. The summed E-state index contributed by atoms with van der Waals surface area (Å²) in [5, 5.41) is 3.86. The minimum absolute atomic E-state index is 0.0118. The SMILES string of the molecule is CCOc1ccccc1N(CCCC(=O)N(Cc1ccc(Cl)cc1Cl)C(Cc1ccccc1)C(=O)NC(C)(C)C)S(C)(=O)=O. The maximum Gasteiger partial charge on any atom is 0.243 e. The van der Waals surface area contributed by atoms with E-state index in [1.165, 1.54) is 9.21 Å². The highest BCUT2D eigenvalue weighted by atomic mass is 35.5. The second-order valence-corrected chi connectivity index (χ2v) is 14.3. The first-order valence-corrected chi connectivity index (χ1v) is 17.1. The third-order valence-corrected chi connectivity index (χ3v) is 8.48. The molecule has 1 N–H and O–H groups in total. The van der Waals surface area contributed by atoms with Crippen LogP contribution in [0.5, 0.6) is 5.75 Å². The number of nitrogens with one attached hydrogen (secondary N) is 1. The van der Waals surface area contributed by atoms with Crippen molar-refractivity contribution in [1.82, 2.24) is 10.2 Å². The maximum absolute atomic E-state index is 14.0. The van der Waals surface area contributed by atoms with Crippen molar-refractivity contribution >= 4 is 50.7 Å². The molecule has 3 rings (SSSR count). The normalized spacial score (nSPS) is 12.3. The lowest BCUT2D eigenvalue weighted by molar-refractivity contribution is -0.142. The van der Waals surface area contributed by atoms with E-state index in [4.69, 9.17) is 27.9 Å². The molecule has 1 atom stereocenters. The molecule has 0 fully saturated rings. The summed E-state index contributed by atoms with van der Waals surface area (Å²) in [6.07, 6.45) is 1.59. The van der Waals surface area contributed by atoms with Gasteiger partial charge in [0.05, 0.1) is 18.6 Å². The number of para-hydroxylation sites is 2. The number of nitrogens with zero attached hydrogens (tertiary/aromatic N) is 2. The summed E-state index contributed by atoms with van der Waals surface area (Å²) in [6, 6.07) is 20.5. The highest BCUT2D eigenvalue weighted by Gasteiger charge is 2.33. The first-order valence-electron chi connectivity index (χ1n) is 14.5. The van der Waals surface area contributed by atoms with Crippen LogP contribution in [-0.2, 0) is 32.6 Å². The van der Waals surface area contributed by atoms with Crippen molar-refractivity contribution < 1.29 is 22.7 Å². The largest absolute Gasteiger partial charge is 0.492 e. The number of sulfonamides is 1. The molecular weight excluding hydrogens is 621 g/mol. The van der Waals surface area contributed by atoms with Gasteiger partial charge < -0.3 is 15.0 Å². The van der Waals surface area contributed by atoms with E-state index in [1.54, 1.807) is 42.5 Å².